The number of hydrogen-bond acceptors (Lipinski definition) is 5. The molecule has 0 bridgehead atoms. The summed E-state index contributed by atoms with van der Waals surface area (Å²) in [7, 11) is 1.62. The summed E-state index contributed by atoms with van der Waals surface area (Å²) in [5.74, 6) is 1.52. The van der Waals surface area contributed by atoms with E-state index in [1.807, 2.05) is 17.7 Å². The van der Waals surface area contributed by atoms with Gasteiger partial charge in [-0.3, -0.25) is 4.79 Å². The second-order valence-corrected chi connectivity index (χ2v) is 5.07. The summed E-state index contributed by atoms with van der Waals surface area (Å²) in [5.41, 5.74) is 1.03. The lowest BCUT2D eigenvalue weighted by Crippen LogP contribution is -2.40. The molecule has 0 unspecified atom stereocenters. The molecule has 2 heterocycles. The van der Waals surface area contributed by atoms with Crippen LogP contribution in [-0.4, -0.2) is 55.6 Å². The molecule has 112 valence electrons. The zero-order chi connectivity index (χ0) is 14.4. The van der Waals surface area contributed by atoms with Crippen molar-refractivity contribution in [1.29, 1.82) is 0 Å². The van der Waals surface area contributed by atoms with Crippen LogP contribution in [-0.2, 0) is 16.1 Å². The largest absolute Gasteiger partial charge is 0.383 e. The fourth-order valence-electron chi connectivity index (χ4n) is 2.27. The normalized spacial score (nSPS) is 17.4. The molecule has 20 heavy (non-hydrogen) atoms. The van der Waals surface area contributed by atoms with Gasteiger partial charge in [0.15, 0.2) is 0 Å². The summed E-state index contributed by atoms with van der Waals surface area (Å²) in [5, 5.41) is 13.8. The third-order valence-corrected chi connectivity index (χ3v) is 3.25. The molecular formula is C13H23N5O2. The van der Waals surface area contributed by atoms with Crippen LogP contribution in [0.4, 0.5) is 5.82 Å². The lowest BCUT2D eigenvalue weighted by atomic mass is 10.1. The molecular weight excluding hydrogens is 258 g/mol. The number of rotatable bonds is 7. The van der Waals surface area contributed by atoms with Crippen molar-refractivity contribution in [2.24, 2.45) is 5.92 Å². The van der Waals surface area contributed by atoms with Crippen LogP contribution in [0.15, 0.2) is 6.07 Å². The smallest absolute Gasteiger partial charge is 0.234 e. The molecule has 1 aromatic heterocycles. The molecule has 0 saturated heterocycles. The van der Waals surface area contributed by atoms with Gasteiger partial charge in [-0.1, -0.05) is 0 Å². The van der Waals surface area contributed by atoms with Crippen molar-refractivity contribution in [2.45, 2.75) is 13.5 Å². The summed E-state index contributed by atoms with van der Waals surface area (Å²) in [6, 6.07) is 2.05. The number of carbonyl (C=O) groups is 1. The van der Waals surface area contributed by atoms with Crippen molar-refractivity contribution >= 4 is 11.7 Å². The predicted molar refractivity (Wildman–Crippen MR) is 76.7 cm³/mol. The van der Waals surface area contributed by atoms with Crippen molar-refractivity contribution in [3.05, 3.63) is 11.8 Å². The van der Waals surface area contributed by atoms with E-state index in [1.54, 1.807) is 7.11 Å². The van der Waals surface area contributed by atoms with Gasteiger partial charge in [-0.15, -0.1) is 0 Å². The summed E-state index contributed by atoms with van der Waals surface area (Å²) < 4.78 is 6.86. The lowest BCUT2D eigenvalue weighted by molar-refractivity contribution is -0.120. The van der Waals surface area contributed by atoms with Crippen LogP contribution in [0.5, 0.6) is 0 Å². The van der Waals surface area contributed by atoms with Crippen LogP contribution in [0.3, 0.4) is 0 Å². The predicted octanol–water partition coefficient (Wildman–Crippen LogP) is -0.415. The Morgan fingerprint density at radius 3 is 3.30 bits per heavy atom. The number of nitrogens with one attached hydrogen (secondary N) is 3. The van der Waals surface area contributed by atoms with Gasteiger partial charge < -0.3 is 20.7 Å². The van der Waals surface area contributed by atoms with Gasteiger partial charge in [0.1, 0.15) is 5.82 Å². The molecule has 1 aliphatic rings. The van der Waals surface area contributed by atoms with Crippen molar-refractivity contribution in [2.75, 3.05) is 45.2 Å². The third kappa shape index (κ3) is 4.21. The van der Waals surface area contributed by atoms with Gasteiger partial charge in [0.05, 0.1) is 18.8 Å². The van der Waals surface area contributed by atoms with E-state index in [4.69, 9.17) is 4.74 Å². The van der Waals surface area contributed by atoms with E-state index < -0.39 is 0 Å². The topological polar surface area (TPSA) is 80.2 Å². The number of fused-ring (bicyclic) bond motifs is 1. The monoisotopic (exact) mass is 281 g/mol. The van der Waals surface area contributed by atoms with Gasteiger partial charge in [0, 0.05) is 45.3 Å². The van der Waals surface area contributed by atoms with Crippen LogP contribution >= 0.6 is 0 Å². The van der Waals surface area contributed by atoms with Gasteiger partial charge in [-0.05, 0) is 6.92 Å². The van der Waals surface area contributed by atoms with Crippen LogP contribution < -0.4 is 16.0 Å². The SMILES string of the molecule is COCCNC(=O)CNC[C@H]1CNc2cc(C)nn2C1. The van der Waals surface area contributed by atoms with Gasteiger partial charge >= 0.3 is 0 Å². The first-order valence-corrected chi connectivity index (χ1v) is 6.93. The fraction of sp³-hybridized carbons (Fsp3) is 0.692. The van der Waals surface area contributed by atoms with E-state index in [1.165, 1.54) is 0 Å². The maximum atomic E-state index is 11.5. The highest BCUT2D eigenvalue weighted by Crippen LogP contribution is 2.17. The van der Waals surface area contributed by atoms with Crippen molar-refractivity contribution in [1.82, 2.24) is 20.4 Å². The Hall–Kier alpha value is -1.60. The van der Waals surface area contributed by atoms with Crippen LogP contribution in [0.25, 0.3) is 0 Å². The van der Waals surface area contributed by atoms with Crippen molar-refractivity contribution in [3.8, 4) is 0 Å². The molecule has 0 fully saturated rings. The molecule has 3 N–H and O–H groups in total. The Morgan fingerprint density at radius 2 is 2.50 bits per heavy atom. The first kappa shape index (κ1) is 14.8. The van der Waals surface area contributed by atoms with E-state index >= 15 is 0 Å². The third-order valence-electron chi connectivity index (χ3n) is 3.25. The second kappa shape index (κ2) is 7.25. The number of ether oxygens (including phenoxy) is 1. The van der Waals surface area contributed by atoms with E-state index in [0.717, 1.165) is 31.1 Å². The minimum absolute atomic E-state index is 0.00133. The fourth-order valence-corrected chi connectivity index (χ4v) is 2.27. The van der Waals surface area contributed by atoms with Crippen LogP contribution in [0.1, 0.15) is 5.69 Å². The Bertz CT molecular complexity index is 446. The van der Waals surface area contributed by atoms with E-state index in [9.17, 15) is 4.79 Å². The van der Waals surface area contributed by atoms with E-state index in [0.29, 0.717) is 25.6 Å². The molecule has 7 nitrogen and oxygen atoms in total. The molecule has 0 saturated carbocycles. The zero-order valence-corrected chi connectivity index (χ0v) is 12.1. The minimum Gasteiger partial charge on any atom is -0.383 e. The van der Waals surface area contributed by atoms with E-state index in [2.05, 4.69) is 21.0 Å². The number of methoxy groups -OCH3 is 1. The minimum atomic E-state index is 0.00133. The molecule has 1 amide bonds. The number of amides is 1. The highest BCUT2D eigenvalue weighted by Gasteiger charge is 2.18. The summed E-state index contributed by atoms with van der Waals surface area (Å²) in [6.07, 6.45) is 0. The molecule has 0 radical (unpaired) electrons. The molecule has 0 aromatic carbocycles. The first-order valence-electron chi connectivity index (χ1n) is 6.93. The number of nitrogens with zero attached hydrogens (tertiary/aromatic N) is 2. The first-order chi connectivity index (χ1) is 9.69. The number of carbonyl (C=O) groups excluding carboxylic acids is 1. The molecule has 1 aromatic rings. The average Bonchev–Trinajstić information content (AvgIpc) is 2.78. The Morgan fingerprint density at radius 1 is 1.65 bits per heavy atom. The van der Waals surface area contributed by atoms with Crippen LogP contribution in [0.2, 0.25) is 0 Å². The van der Waals surface area contributed by atoms with Crippen LogP contribution in [0, 0.1) is 12.8 Å². The maximum absolute atomic E-state index is 11.5. The Labute approximate surface area is 119 Å². The quantitative estimate of drug-likeness (QED) is 0.592. The molecule has 1 atom stereocenters. The Balaban J connectivity index is 1.65. The summed E-state index contributed by atoms with van der Waals surface area (Å²) in [6.45, 7) is 6.01. The number of aromatic nitrogens is 2. The maximum Gasteiger partial charge on any atom is 0.234 e. The number of hydrogen-bond donors (Lipinski definition) is 3. The second-order valence-electron chi connectivity index (χ2n) is 5.07. The standard InChI is InChI=1S/C13H23N5O2/c1-10-5-12-16-7-11(9-18(12)17-10)6-14-8-13(19)15-3-4-20-2/h5,11,14,16H,3-4,6-9H2,1-2H3,(H,15,19)/t11-/m0/s1. The molecule has 2 rings (SSSR count). The van der Waals surface area contributed by atoms with Gasteiger partial charge in [-0.25, -0.2) is 4.68 Å². The molecule has 7 heteroatoms. The van der Waals surface area contributed by atoms with Crippen molar-refractivity contribution < 1.29 is 9.53 Å². The average molecular weight is 281 g/mol. The molecule has 1 aliphatic heterocycles. The number of aryl methyl sites for hydroxylation is 1. The highest BCUT2D eigenvalue weighted by atomic mass is 16.5. The number of anilines is 1. The van der Waals surface area contributed by atoms with Crippen molar-refractivity contribution in [3.63, 3.8) is 0 Å². The van der Waals surface area contributed by atoms with E-state index in [-0.39, 0.29) is 5.91 Å². The Kier molecular flexibility index (Phi) is 5.37. The summed E-state index contributed by atoms with van der Waals surface area (Å²) in [4.78, 5) is 11.5. The summed E-state index contributed by atoms with van der Waals surface area (Å²) >= 11 is 0. The molecule has 0 spiro atoms. The van der Waals surface area contributed by atoms with Gasteiger partial charge in [-0.2, -0.15) is 5.10 Å². The lowest BCUT2D eigenvalue weighted by Gasteiger charge is -2.25. The van der Waals surface area contributed by atoms with Gasteiger partial charge in [0.2, 0.25) is 5.91 Å². The molecule has 0 aliphatic carbocycles. The zero-order valence-electron chi connectivity index (χ0n) is 12.1. The highest BCUT2D eigenvalue weighted by molar-refractivity contribution is 5.77. The van der Waals surface area contributed by atoms with Gasteiger partial charge in [0.25, 0.3) is 0 Å².